The van der Waals surface area contributed by atoms with Gasteiger partial charge >= 0.3 is 0 Å². The summed E-state index contributed by atoms with van der Waals surface area (Å²) >= 11 is 0. The molecule has 9 nitrogen and oxygen atoms in total. The molecule has 4 aromatic carbocycles. The first-order valence-corrected chi connectivity index (χ1v) is 14.3. The van der Waals surface area contributed by atoms with Gasteiger partial charge in [0.25, 0.3) is 6.04 Å². The average Bonchev–Trinajstić information content (AvgIpc) is 3.52. The van der Waals surface area contributed by atoms with E-state index in [1.165, 1.54) is 0 Å². The molecule has 1 saturated heterocycles. The molecule has 6 rings (SSSR count). The van der Waals surface area contributed by atoms with Gasteiger partial charge in [0, 0.05) is 4.92 Å². The summed E-state index contributed by atoms with van der Waals surface area (Å²) in [5, 5.41) is 12.8. The second kappa shape index (κ2) is 13.8. The van der Waals surface area contributed by atoms with Crippen LogP contribution in [0.25, 0.3) is 0 Å². The summed E-state index contributed by atoms with van der Waals surface area (Å²) in [7, 11) is 0. The van der Waals surface area contributed by atoms with Gasteiger partial charge in [-0.25, -0.2) is 0 Å². The lowest BCUT2D eigenvalue weighted by Gasteiger charge is -2.42. The minimum atomic E-state index is -1.27. The van der Waals surface area contributed by atoms with Crippen molar-refractivity contribution in [1.82, 2.24) is 0 Å². The van der Waals surface area contributed by atoms with Gasteiger partial charge in [-0.1, -0.05) is 97.1 Å². The molecule has 0 saturated carbocycles. The first kappa shape index (κ1) is 28.8. The molecule has 0 unspecified atom stereocenters. The molecule has 2 aliphatic rings. The van der Waals surface area contributed by atoms with Crippen molar-refractivity contribution in [2.24, 2.45) is 0 Å². The van der Waals surface area contributed by atoms with Crippen molar-refractivity contribution >= 4 is 0 Å². The molecule has 222 valence electrons. The maximum absolute atomic E-state index is 12.8. The maximum atomic E-state index is 12.8. The van der Waals surface area contributed by atoms with Gasteiger partial charge in [-0.15, -0.1) is 0 Å². The summed E-state index contributed by atoms with van der Waals surface area (Å²) in [6, 6.07) is 33.1. The SMILES string of the molecule is O=[N+]([O-])[C@@H]1[C@@H](OCc2ccccc2)[C@H](OCc2ccccc2)[C@@H](COCc2ccccc2)O[C@H]1c1ccc2c(c1)OCO2. The van der Waals surface area contributed by atoms with E-state index in [1.54, 1.807) is 18.2 Å². The fourth-order valence-corrected chi connectivity index (χ4v) is 5.45. The third kappa shape index (κ3) is 7.03. The Bertz CT molecular complexity index is 1470. The molecule has 43 heavy (non-hydrogen) atoms. The van der Waals surface area contributed by atoms with Gasteiger partial charge in [-0.05, 0) is 34.4 Å². The minimum Gasteiger partial charge on any atom is -0.454 e. The second-order valence-electron chi connectivity index (χ2n) is 10.5. The largest absolute Gasteiger partial charge is 0.454 e. The highest BCUT2D eigenvalue weighted by molar-refractivity contribution is 5.45. The van der Waals surface area contributed by atoms with E-state index in [9.17, 15) is 10.1 Å². The summed E-state index contributed by atoms with van der Waals surface area (Å²) < 4.78 is 36.6. The third-order valence-corrected chi connectivity index (χ3v) is 7.59. The van der Waals surface area contributed by atoms with Crippen molar-refractivity contribution in [3.05, 3.63) is 142 Å². The van der Waals surface area contributed by atoms with Gasteiger partial charge in [0.05, 0.1) is 26.4 Å². The highest BCUT2D eigenvalue weighted by Crippen LogP contribution is 2.41. The van der Waals surface area contributed by atoms with Crippen LogP contribution >= 0.6 is 0 Å². The summed E-state index contributed by atoms with van der Waals surface area (Å²) in [5.41, 5.74) is 3.43. The summed E-state index contributed by atoms with van der Waals surface area (Å²) in [6.07, 6.45) is -3.36. The van der Waals surface area contributed by atoms with E-state index in [1.807, 2.05) is 91.0 Å². The Kier molecular flexibility index (Phi) is 9.25. The number of ether oxygens (including phenoxy) is 6. The van der Waals surface area contributed by atoms with Gasteiger partial charge in [0.1, 0.15) is 12.2 Å². The van der Waals surface area contributed by atoms with E-state index >= 15 is 0 Å². The standard InChI is InChI=1S/C34H33NO8/c36-35(37)31-32(27-16-17-28-29(18-27)42-23-41-28)43-30(22-38-19-24-10-4-1-5-11-24)33(39-20-25-12-6-2-7-13-25)34(31)40-21-26-14-8-3-9-15-26/h1-18,30-34H,19-23H2/t30-,31+,32+,33-,34-/m1/s1. The van der Waals surface area contributed by atoms with Crippen LogP contribution in [0.2, 0.25) is 0 Å². The van der Waals surface area contributed by atoms with E-state index in [0.29, 0.717) is 23.7 Å². The lowest BCUT2D eigenvalue weighted by atomic mass is 9.88. The van der Waals surface area contributed by atoms with E-state index in [0.717, 1.165) is 16.7 Å². The molecule has 2 heterocycles. The van der Waals surface area contributed by atoms with Crippen LogP contribution in [0, 0.1) is 10.1 Å². The highest BCUT2D eigenvalue weighted by atomic mass is 16.7. The highest BCUT2D eigenvalue weighted by Gasteiger charge is 2.54. The Hall–Kier alpha value is -4.28. The monoisotopic (exact) mass is 583 g/mol. The number of hydrogen-bond donors (Lipinski definition) is 0. The molecule has 9 heteroatoms. The zero-order chi connectivity index (χ0) is 29.4. The normalized spacial score (nSPS) is 22.7. The number of nitrogens with zero attached hydrogens (tertiary/aromatic N) is 1. The van der Waals surface area contributed by atoms with Gasteiger partial charge in [0.15, 0.2) is 23.7 Å². The molecule has 0 N–H and O–H groups in total. The van der Waals surface area contributed by atoms with Crippen molar-refractivity contribution in [2.45, 2.75) is 50.3 Å². The topological polar surface area (TPSA) is 98.5 Å². The molecule has 1 fully saturated rings. The average molecular weight is 584 g/mol. The molecule has 0 radical (unpaired) electrons. The van der Waals surface area contributed by atoms with Crippen LogP contribution in [0.5, 0.6) is 11.5 Å². The van der Waals surface area contributed by atoms with Gasteiger partial charge in [0.2, 0.25) is 6.79 Å². The molecule has 0 aromatic heterocycles. The predicted octanol–water partition coefficient (Wildman–Crippen LogP) is 5.89. The smallest absolute Gasteiger partial charge is 0.271 e. The van der Waals surface area contributed by atoms with E-state index < -0.39 is 30.5 Å². The molecular formula is C34H33NO8. The summed E-state index contributed by atoms with van der Waals surface area (Å²) in [4.78, 5) is 12.5. The van der Waals surface area contributed by atoms with Gasteiger partial charge in [-0.3, -0.25) is 10.1 Å². The Morgan fingerprint density at radius 1 is 0.698 bits per heavy atom. The van der Waals surface area contributed by atoms with E-state index in [-0.39, 0.29) is 31.5 Å². The number of hydrogen-bond acceptors (Lipinski definition) is 8. The fraction of sp³-hybridized carbons (Fsp3) is 0.294. The molecule has 0 spiro atoms. The van der Waals surface area contributed by atoms with Gasteiger partial charge in [-0.2, -0.15) is 0 Å². The van der Waals surface area contributed by atoms with Crippen LogP contribution in [0.1, 0.15) is 28.4 Å². The van der Waals surface area contributed by atoms with Crippen LogP contribution in [0.15, 0.2) is 109 Å². The van der Waals surface area contributed by atoms with Crippen LogP contribution in [-0.4, -0.2) is 42.7 Å². The number of nitro groups is 1. The van der Waals surface area contributed by atoms with Crippen molar-refractivity contribution in [3.63, 3.8) is 0 Å². The first-order valence-electron chi connectivity index (χ1n) is 14.3. The van der Waals surface area contributed by atoms with Crippen LogP contribution in [-0.2, 0) is 38.8 Å². The molecule has 0 bridgehead atoms. The van der Waals surface area contributed by atoms with Crippen molar-refractivity contribution in [2.75, 3.05) is 13.4 Å². The van der Waals surface area contributed by atoms with E-state index in [4.69, 9.17) is 28.4 Å². The number of fused-ring (bicyclic) bond motifs is 1. The Labute approximate surface area is 250 Å². The van der Waals surface area contributed by atoms with Crippen molar-refractivity contribution in [3.8, 4) is 11.5 Å². The number of benzene rings is 4. The molecular weight excluding hydrogens is 550 g/mol. The van der Waals surface area contributed by atoms with E-state index in [2.05, 4.69) is 0 Å². The molecule has 5 atom stereocenters. The zero-order valence-electron chi connectivity index (χ0n) is 23.5. The number of rotatable bonds is 12. The maximum Gasteiger partial charge on any atom is 0.271 e. The van der Waals surface area contributed by atoms with Crippen LogP contribution in [0.3, 0.4) is 0 Å². The quantitative estimate of drug-likeness (QED) is 0.151. The molecule has 0 aliphatic carbocycles. The molecule has 4 aromatic rings. The lowest BCUT2D eigenvalue weighted by molar-refractivity contribution is -0.563. The minimum absolute atomic E-state index is 0.0944. The van der Waals surface area contributed by atoms with Crippen molar-refractivity contribution in [1.29, 1.82) is 0 Å². The lowest BCUT2D eigenvalue weighted by Crippen LogP contribution is -2.59. The molecule has 2 aliphatic heterocycles. The third-order valence-electron chi connectivity index (χ3n) is 7.59. The second-order valence-corrected chi connectivity index (χ2v) is 10.5. The molecule has 0 amide bonds. The van der Waals surface area contributed by atoms with Crippen molar-refractivity contribution < 1.29 is 33.3 Å². The Balaban J connectivity index is 1.33. The fourth-order valence-electron chi connectivity index (χ4n) is 5.45. The predicted molar refractivity (Wildman–Crippen MR) is 157 cm³/mol. The Morgan fingerprint density at radius 3 is 1.86 bits per heavy atom. The summed E-state index contributed by atoms with van der Waals surface area (Å²) in [6.45, 7) is 0.998. The zero-order valence-corrected chi connectivity index (χ0v) is 23.5. The summed E-state index contributed by atoms with van der Waals surface area (Å²) in [5.74, 6) is 1.10. The first-order chi connectivity index (χ1) is 21.2. The van der Waals surface area contributed by atoms with Crippen LogP contribution < -0.4 is 9.47 Å². The Morgan fingerprint density at radius 2 is 1.26 bits per heavy atom. The van der Waals surface area contributed by atoms with Gasteiger partial charge < -0.3 is 28.4 Å². The van der Waals surface area contributed by atoms with Crippen LogP contribution in [0.4, 0.5) is 0 Å².